The van der Waals surface area contributed by atoms with Crippen LogP contribution in [-0.4, -0.2) is 40.1 Å². The first-order valence-corrected chi connectivity index (χ1v) is 11.0. The van der Waals surface area contributed by atoms with Crippen LogP contribution < -0.4 is 19.1 Å². The molecule has 160 valence electrons. The third-order valence-electron chi connectivity index (χ3n) is 5.04. The molecule has 9 heteroatoms. The van der Waals surface area contributed by atoms with Gasteiger partial charge in [-0.2, -0.15) is 0 Å². The molecule has 2 aromatic carbocycles. The molecule has 1 aromatic heterocycles. The fraction of sp³-hybridized carbons (Fsp3) is 0.182. The number of rotatable bonds is 6. The minimum Gasteiger partial charge on any atom is -0.497 e. The smallest absolute Gasteiger partial charge is 0.265 e. The van der Waals surface area contributed by atoms with E-state index >= 15 is 0 Å². The molecule has 0 aliphatic carbocycles. The first-order valence-electron chi connectivity index (χ1n) is 9.52. The molecular formula is C22H21N3O5S. The van der Waals surface area contributed by atoms with Gasteiger partial charge >= 0.3 is 0 Å². The van der Waals surface area contributed by atoms with Crippen LogP contribution >= 0.6 is 0 Å². The molecule has 0 saturated heterocycles. The number of carbonyl (C=O) groups is 1. The van der Waals surface area contributed by atoms with Gasteiger partial charge < -0.3 is 14.4 Å². The molecule has 0 unspecified atom stereocenters. The van der Waals surface area contributed by atoms with E-state index in [9.17, 15) is 13.2 Å². The van der Waals surface area contributed by atoms with Gasteiger partial charge in [0.15, 0.2) is 0 Å². The van der Waals surface area contributed by atoms with E-state index in [0.29, 0.717) is 30.0 Å². The number of benzene rings is 2. The van der Waals surface area contributed by atoms with E-state index in [-0.39, 0.29) is 16.6 Å². The van der Waals surface area contributed by atoms with E-state index in [0.717, 1.165) is 11.3 Å². The average Bonchev–Trinajstić information content (AvgIpc) is 3.21. The van der Waals surface area contributed by atoms with Crippen molar-refractivity contribution in [3.8, 4) is 11.5 Å². The van der Waals surface area contributed by atoms with Crippen LogP contribution in [-0.2, 0) is 16.4 Å². The maximum Gasteiger partial charge on any atom is 0.265 e. The number of ether oxygens (including phenoxy) is 2. The quantitative estimate of drug-likeness (QED) is 0.634. The largest absolute Gasteiger partial charge is 0.497 e. The Morgan fingerprint density at radius 2 is 1.94 bits per heavy atom. The Balaban J connectivity index is 1.59. The lowest BCUT2D eigenvalue weighted by Crippen LogP contribution is -2.28. The van der Waals surface area contributed by atoms with Crippen molar-refractivity contribution in [2.75, 3.05) is 30.4 Å². The Hall–Kier alpha value is -3.59. The lowest BCUT2D eigenvalue weighted by atomic mass is 10.1. The minimum atomic E-state index is -3.89. The van der Waals surface area contributed by atoms with Gasteiger partial charge in [0, 0.05) is 36.4 Å². The first-order chi connectivity index (χ1) is 14.9. The summed E-state index contributed by atoms with van der Waals surface area (Å²) in [5, 5.41) is 0. The van der Waals surface area contributed by atoms with Crippen LogP contribution in [0.1, 0.15) is 15.9 Å². The molecule has 31 heavy (non-hydrogen) atoms. The number of sulfonamides is 1. The van der Waals surface area contributed by atoms with Gasteiger partial charge in [0.05, 0.1) is 19.8 Å². The second-order valence-corrected chi connectivity index (χ2v) is 8.57. The summed E-state index contributed by atoms with van der Waals surface area (Å²) >= 11 is 0. The van der Waals surface area contributed by atoms with Crippen molar-refractivity contribution in [2.24, 2.45) is 0 Å². The van der Waals surface area contributed by atoms with E-state index in [1.807, 2.05) is 0 Å². The summed E-state index contributed by atoms with van der Waals surface area (Å²) in [5.41, 5.74) is 2.57. The SMILES string of the molecule is COc1ccc(S(=O)(=O)Nc2ccc3c(c2)CCN3C(=O)c2cccnc2)c(OC)c1. The van der Waals surface area contributed by atoms with Gasteiger partial charge in [0.2, 0.25) is 0 Å². The van der Waals surface area contributed by atoms with Gasteiger partial charge in [-0.1, -0.05) is 0 Å². The van der Waals surface area contributed by atoms with Crippen molar-refractivity contribution in [2.45, 2.75) is 11.3 Å². The summed E-state index contributed by atoms with van der Waals surface area (Å²) in [6.45, 7) is 0.519. The average molecular weight is 439 g/mol. The molecule has 8 nitrogen and oxygen atoms in total. The maximum absolute atomic E-state index is 12.9. The van der Waals surface area contributed by atoms with Crippen molar-refractivity contribution < 1.29 is 22.7 Å². The molecule has 3 aromatic rings. The van der Waals surface area contributed by atoms with E-state index in [2.05, 4.69) is 9.71 Å². The molecule has 0 atom stereocenters. The fourth-order valence-electron chi connectivity index (χ4n) is 3.53. The summed E-state index contributed by atoms with van der Waals surface area (Å²) in [7, 11) is -0.997. The van der Waals surface area contributed by atoms with Crippen molar-refractivity contribution in [1.82, 2.24) is 4.98 Å². The second-order valence-electron chi connectivity index (χ2n) is 6.91. The molecule has 0 fully saturated rings. The zero-order valence-electron chi connectivity index (χ0n) is 17.0. The normalized spacial score (nSPS) is 12.9. The number of methoxy groups -OCH3 is 2. The van der Waals surface area contributed by atoms with Crippen LogP contribution in [0, 0.1) is 0 Å². The molecule has 4 rings (SSSR count). The number of fused-ring (bicyclic) bond motifs is 1. The molecule has 1 aliphatic heterocycles. The molecule has 1 aliphatic rings. The highest BCUT2D eigenvalue weighted by Gasteiger charge is 2.27. The Morgan fingerprint density at radius 1 is 1.10 bits per heavy atom. The van der Waals surface area contributed by atoms with Crippen LogP contribution in [0.15, 0.2) is 65.8 Å². The third kappa shape index (κ3) is 4.04. The molecule has 1 amide bonds. The first kappa shape index (κ1) is 20.7. The van der Waals surface area contributed by atoms with Crippen LogP contribution in [0.3, 0.4) is 0 Å². The summed E-state index contributed by atoms with van der Waals surface area (Å²) in [5.74, 6) is 0.538. The third-order valence-corrected chi connectivity index (χ3v) is 6.46. The van der Waals surface area contributed by atoms with Crippen molar-refractivity contribution in [1.29, 1.82) is 0 Å². The maximum atomic E-state index is 12.9. The van der Waals surface area contributed by atoms with Crippen molar-refractivity contribution in [3.05, 3.63) is 72.1 Å². The highest BCUT2D eigenvalue weighted by Crippen LogP contribution is 2.34. The zero-order valence-corrected chi connectivity index (χ0v) is 17.8. The van der Waals surface area contributed by atoms with Crippen molar-refractivity contribution >= 4 is 27.3 Å². The number of aromatic nitrogens is 1. The van der Waals surface area contributed by atoms with E-state index < -0.39 is 10.0 Å². The second kappa shape index (κ2) is 8.27. The lowest BCUT2D eigenvalue weighted by molar-refractivity contribution is 0.0989. The highest BCUT2D eigenvalue weighted by molar-refractivity contribution is 7.92. The number of carbonyl (C=O) groups excluding carboxylic acids is 1. The van der Waals surface area contributed by atoms with Gasteiger partial charge in [-0.05, 0) is 54.4 Å². The Kier molecular flexibility index (Phi) is 5.51. The van der Waals surface area contributed by atoms with Crippen LogP contribution in [0.2, 0.25) is 0 Å². The number of anilines is 2. The summed E-state index contributed by atoms with van der Waals surface area (Å²) in [6, 6.07) is 13.1. The number of nitrogens with one attached hydrogen (secondary N) is 1. The Labute approximate surface area is 180 Å². The lowest BCUT2D eigenvalue weighted by Gasteiger charge is -2.18. The molecule has 0 saturated carbocycles. The van der Waals surface area contributed by atoms with Crippen molar-refractivity contribution in [3.63, 3.8) is 0 Å². The number of pyridine rings is 1. The molecule has 2 heterocycles. The Bertz CT molecular complexity index is 1230. The summed E-state index contributed by atoms with van der Waals surface area (Å²) in [4.78, 5) is 18.5. The standard InChI is InChI=1S/C22H21N3O5S/c1-29-18-6-8-21(20(13-18)30-2)31(27,28)24-17-5-7-19-15(12-17)9-11-25(19)22(26)16-4-3-10-23-14-16/h3-8,10,12-14,24H,9,11H2,1-2H3. The highest BCUT2D eigenvalue weighted by atomic mass is 32.2. The fourth-order valence-corrected chi connectivity index (χ4v) is 4.73. The number of hydrogen-bond donors (Lipinski definition) is 1. The van der Waals surface area contributed by atoms with Gasteiger partial charge in [0.1, 0.15) is 16.4 Å². The predicted octanol–water partition coefficient (Wildman–Crippen LogP) is 3.10. The number of nitrogens with zero attached hydrogens (tertiary/aromatic N) is 2. The van der Waals surface area contributed by atoms with E-state index in [1.165, 1.54) is 32.5 Å². The van der Waals surface area contributed by atoms with Gasteiger partial charge in [-0.3, -0.25) is 14.5 Å². The predicted molar refractivity (Wildman–Crippen MR) is 116 cm³/mol. The van der Waals surface area contributed by atoms with Gasteiger partial charge in [-0.15, -0.1) is 0 Å². The molecule has 1 N–H and O–H groups in total. The molecular weight excluding hydrogens is 418 g/mol. The van der Waals surface area contributed by atoms with E-state index in [4.69, 9.17) is 9.47 Å². The summed E-state index contributed by atoms with van der Waals surface area (Å²) in [6.07, 6.45) is 3.78. The molecule has 0 spiro atoms. The molecule has 0 bridgehead atoms. The minimum absolute atomic E-state index is 0.00433. The number of amides is 1. The van der Waals surface area contributed by atoms with Gasteiger partial charge in [0.25, 0.3) is 15.9 Å². The topological polar surface area (TPSA) is 97.8 Å². The monoisotopic (exact) mass is 439 g/mol. The van der Waals surface area contributed by atoms with Gasteiger partial charge in [-0.25, -0.2) is 8.42 Å². The molecule has 0 radical (unpaired) electrons. The zero-order chi connectivity index (χ0) is 22.0. The van der Waals surface area contributed by atoms with Crippen LogP contribution in [0.4, 0.5) is 11.4 Å². The van der Waals surface area contributed by atoms with Crippen LogP contribution in [0.25, 0.3) is 0 Å². The summed E-state index contributed by atoms with van der Waals surface area (Å²) < 4.78 is 38.8. The van der Waals surface area contributed by atoms with E-state index in [1.54, 1.807) is 47.5 Å². The Morgan fingerprint density at radius 3 is 2.65 bits per heavy atom. The number of hydrogen-bond acceptors (Lipinski definition) is 6. The van der Waals surface area contributed by atoms with Crippen LogP contribution in [0.5, 0.6) is 11.5 Å².